The fourth-order valence-electron chi connectivity index (χ4n) is 1.62. The first-order valence-corrected chi connectivity index (χ1v) is 5.65. The topological polar surface area (TPSA) is 82.2 Å². The molecule has 5 nitrogen and oxygen atoms in total. The SMILES string of the molecule is CC(C)CC(CNC(=O)c1ccc[nH]1)C(=O)O. The van der Waals surface area contributed by atoms with Crippen molar-refractivity contribution in [3.8, 4) is 0 Å². The molecule has 0 aliphatic rings. The first-order chi connectivity index (χ1) is 8.00. The van der Waals surface area contributed by atoms with Crippen molar-refractivity contribution >= 4 is 11.9 Å². The van der Waals surface area contributed by atoms with Crippen LogP contribution >= 0.6 is 0 Å². The second-order valence-corrected chi connectivity index (χ2v) is 4.46. The van der Waals surface area contributed by atoms with Crippen LogP contribution in [0.2, 0.25) is 0 Å². The number of H-pyrrole nitrogens is 1. The molecular formula is C12H18N2O3. The normalized spacial score (nSPS) is 12.4. The van der Waals surface area contributed by atoms with Crippen molar-refractivity contribution in [1.82, 2.24) is 10.3 Å². The summed E-state index contributed by atoms with van der Waals surface area (Å²) in [5.41, 5.74) is 0.443. The average molecular weight is 238 g/mol. The quantitative estimate of drug-likeness (QED) is 0.702. The highest BCUT2D eigenvalue weighted by Gasteiger charge is 2.20. The summed E-state index contributed by atoms with van der Waals surface area (Å²) < 4.78 is 0. The second kappa shape index (κ2) is 6.08. The van der Waals surface area contributed by atoms with E-state index in [2.05, 4.69) is 10.3 Å². The maximum absolute atomic E-state index is 11.6. The molecule has 3 N–H and O–H groups in total. The smallest absolute Gasteiger partial charge is 0.308 e. The molecule has 0 saturated heterocycles. The molecule has 1 heterocycles. The molecule has 0 radical (unpaired) electrons. The van der Waals surface area contributed by atoms with Gasteiger partial charge >= 0.3 is 5.97 Å². The van der Waals surface area contributed by atoms with E-state index in [4.69, 9.17) is 5.11 Å². The van der Waals surface area contributed by atoms with Crippen LogP contribution in [0.25, 0.3) is 0 Å². The molecule has 1 unspecified atom stereocenters. The van der Waals surface area contributed by atoms with E-state index >= 15 is 0 Å². The van der Waals surface area contributed by atoms with Crippen LogP contribution in [-0.4, -0.2) is 28.5 Å². The molecule has 1 aromatic heterocycles. The Hall–Kier alpha value is -1.78. The molecule has 0 aromatic carbocycles. The third-order valence-electron chi connectivity index (χ3n) is 2.46. The number of hydrogen-bond acceptors (Lipinski definition) is 2. The third-order valence-corrected chi connectivity index (χ3v) is 2.46. The number of nitrogens with one attached hydrogen (secondary N) is 2. The Balaban J connectivity index is 2.47. The molecular weight excluding hydrogens is 220 g/mol. The van der Waals surface area contributed by atoms with Gasteiger partial charge in [0.25, 0.3) is 5.91 Å². The van der Waals surface area contributed by atoms with Crippen molar-refractivity contribution < 1.29 is 14.7 Å². The van der Waals surface area contributed by atoms with E-state index in [-0.39, 0.29) is 12.5 Å². The molecule has 0 fully saturated rings. The zero-order chi connectivity index (χ0) is 12.8. The number of amides is 1. The number of aliphatic carboxylic acids is 1. The van der Waals surface area contributed by atoms with E-state index in [9.17, 15) is 9.59 Å². The number of aromatic amines is 1. The number of aromatic nitrogens is 1. The Morgan fingerprint density at radius 2 is 2.18 bits per heavy atom. The lowest BCUT2D eigenvalue weighted by Gasteiger charge is -2.15. The predicted octanol–water partition coefficient (Wildman–Crippen LogP) is 1.49. The van der Waals surface area contributed by atoms with Crippen molar-refractivity contribution in [3.05, 3.63) is 24.0 Å². The molecule has 0 bridgehead atoms. The van der Waals surface area contributed by atoms with Crippen LogP contribution < -0.4 is 5.32 Å². The van der Waals surface area contributed by atoms with Crippen LogP contribution in [-0.2, 0) is 4.79 Å². The lowest BCUT2D eigenvalue weighted by molar-refractivity contribution is -0.142. The minimum atomic E-state index is -0.870. The summed E-state index contributed by atoms with van der Waals surface area (Å²) in [6.45, 7) is 4.08. The van der Waals surface area contributed by atoms with E-state index in [1.807, 2.05) is 13.8 Å². The van der Waals surface area contributed by atoms with Gasteiger partial charge in [-0.05, 0) is 24.5 Å². The van der Waals surface area contributed by atoms with Crippen LogP contribution in [0.4, 0.5) is 0 Å². The molecule has 5 heteroatoms. The number of carboxylic acids is 1. The van der Waals surface area contributed by atoms with Crippen LogP contribution in [0, 0.1) is 11.8 Å². The number of hydrogen-bond donors (Lipinski definition) is 3. The van der Waals surface area contributed by atoms with Crippen LogP contribution in [0.5, 0.6) is 0 Å². The number of carbonyl (C=O) groups is 2. The highest BCUT2D eigenvalue weighted by molar-refractivity contribution is 5.92. The van der Waals surface area contributed by atoms with Gasteiger partial charge in [-0.15, -0.1) is 0 Å². The zero-order valence-corrected chi connectivity index (χ0v) is 10.1. The van der Waals surface area contributed by atoms with E-state index in [1.54, 1.807) is 18.3 Å². The Labute approximate surface area is 100 Å². The first kappa shape index (κ1) is 13.3. The van der Waals surface area contributed by atoms with Gasteiger partial charge in [0.2, 0.25) is 0 Å². The molecule has 0 saturated carbocycles. The van der Waals surface area contributed by atoms with Crippen molar-refractivity contribution in [3.63, 3.8) is 0 Å². The summed E-state index contributed by atoms with van der Waals surface area (Å²) in [6, 6.07) is 3.37. The Kier molecular flexibility index (Phi) is 4.75. The molecule has 1 aromatic rings. The molecule has 0 aliphatic carbocycles. The Bertz CT molecular complexity index is 371. The maximum Gasteiger partial charge on any atom is 0.308 e. The first-order valence-electron chi connectivity index (χ1n) is 5.65. The van der Waals surface area contributed by atoms with E-state index < -0.39 is 11.9 Å². The van der Waals surface area contributed by atoms with Crippen molar-refractivity contribution in [1.29, 1.82) is 0 Å². The lowest BCUT2D eigenvalue weighted by atomic mass is 9.97. The molecule has 1 amide bonds. The monoisotopic (exact) mass is 238 g/mol. The van der Waals surface area contributed by atoms with Gasteiger partial charge in [-0.25, -0.2) is 0 Å². The molecule has 0 aliphatic heterocycles. The summed E-state index contributed by atoms with van der Waals surface area (Å²) in [7, 11) is 0. The van der Waals surface area contributed by atoms with Gasteiger partial charge in [0.15, 0.2) is 0 Å². The molecule has 1 atom stereocenters. The molecule has 17 heavy (non-hydrogen) atoms. The van der Waals surface area contributed by atoms with Crippen molar-refractivity contribution in [2.45, 2.75) is 20.3 Å². The maximum atomic E-state index is 11.6. The molecule has 94 valence electrons. The van der Waals surface area contributed by atoms with Crippen LogP contribution in [0.1, 0.15) is 30.8 Å². The van der Waals surface area contributed by atoms with Gasteiger partial charge < -0.3 is 15.4 Å². The predicted molar refractivity (Wildman–Crippen MR) is 63.7 cm³/mol. The minimum Gasteiger partial charge on any atom is -0.481 e. The lowest BCUT2D eigenvalue weighted by Crippen LogP contribution is -2.33. The van der Waals surface area contributed by atoms with E-state index in [1.165, 1.54) is 0 Å². The Morgan fingerprint density at radius 3 is 2.65 bits per heavy atom. The summed E-state index contributed by atoms with van der Waals surface area (Å²) in [5.74, 6) is -1.39. The minimum absolute atomic E-state index is 0.158. The van der Waals surface area contributed by atoms with Gasteiger partial charge in [0.05, 0.1) is 5.92 Å². The molecule has 1 rings (SSSR count). The largest absolute Gasteiger partial charge is 0.481 e. The number of carboxylic acid groups (broad SMARTS) is 1. The number of rotatable bonds is 6. The average Bonchev–Trinajstić information content (AvgIpc) is 2.76. The summed E-state index contributed by atoms with van der Waals surface area (Å²) in [6.07, 6.45) is 2.21. The highest BCUT2D eigenvalue weighted by atomic mass is 16.4. The highest BCUT2D eigenvalue weighted by Crippen LogP contribution is 2.11. The zero-order valence-electron chi connectivity index (χ0n) is 10.1. The van der Waals surface area contributed by atoms with Gasteiger partial charge in [-0.2, -0.15) is 0 Å². The second-order valence-electron chi connectivity index (χ2n) is 4.46. The van der Waals surface area contributed by atoms with Crippen molar-refractivity contribution in [2.24, 2.45) is 11.8 Å². The fourth-order valence-corrected chi connectivity index (χ4v) is 1.62. The Morgan fingerprint density at radius 1 is 1.47 bits per heavy atom. The van der Waals surface area contributed by atoms with Gasteiger partial charge in [-0.3, -0.25) is 9.59 Å². The summed E-state index contributed by atoms with van der Waals surface area (Å²) in [5, 5.41) is 11.6. The van der Waals surface area contributed by atoms with E-state index in [0.717, 1.165) is 0 Å². The van der Waals surface area contributed by atoms with Crippen LogP contribution in [0.3, 0.4) is 0 Å². The summed E-state index contributed by atoms with van der Waals surface area (Å²) >= 11 is 0. The van der Waals surface area contributed by atoms with Gasteiger partial charge in [0, 0.05) is 12.7 Å². The fraction of sp³-hybridized carbons (Fsp3) is 0.500. The van der Waals surface area contributed by atoms with Crippen LogP contribution in [0.15, 0.2) is 18.3 Å². The third kappa shape index (κ3) is 4.30. The van der Waals surface area contributed by atoms with E-state index in [0.29, 0.717) is 18.0 Å². The van der Waals surface area contributed by atoms with Gasteiger partial charge in [0.1, 0.15) is 5.69 Å². The number of carbonyl (C=O) groups excluding carboxylic acids is 1. The van der Waals surface area contributed by atoms with Gasteiger partial charge in [-0.1, -0.05) is 13.8 Å². The van der Waals surface area contributed by atoms with Crippen molar-refractivity contribution in [2.75, 3.05) is 6.54 Å². The standard InChI is InChI=1S/C12H18N2O3/c1-8(2)6-9(12(16)17)7-14-11(15)10-4-3-5-13-10/h3-5,8-9,13H,6-7H2,1-2H3,(H,14,15)(H,16,17). The molecule has 0 spiro atoms. The summed E-state index contributed by atoms with van der Waals surface area (Å²) in [4.78, 5) is 25.3.